The van der Waals surface area contributed by atoms with Gasteiger partial charge in [0.2, 0.25) is 0 Å². The highest BCUT2D eigenvalue weighted by Gasteiger charge is 2.50. The minimum absolute atomic E-state index is 0.0212. The lowest BCUT2D eigenvalue weighted by Crippen LogP contribution is -2.39. The fourth-order valence-electron chi connectivity index (χ4n) is 4.54. The molecule has 2 saturated carbocycles. The van der Waals surface area contributed by atoms with Crippen LogP contribution >= 0.6 is 0 Å². The van der Waals surface area contributed by atoms with E-state index in [1.807, 2.05) is 6.20 Å². The zero-order valence-electron chi connectivity index (χ0n) is 16.7. The van der Waals surface area contributed by atoms with Gasteiger partial charge in [0.15, 0.2) is 23.1 Å². The van der Waals surface area contributed by atoms with Crippen LogP contribution in [0.3, 0.4) is 0 Å². The Morgan fingerprint density at radius 3 is 2.34 bits per heavy atom. The van der Waals surface area contributed by atoms with Crippen LogP contribution < -0.4 is 19.7 Å². The molecule has 0 saturated heterocycles. The van der Waals surface area contributed by atoms with Gasteiger partial charge in [-0.25, -0.2) is 13.8 Å². The predicted octanol–water partition coefficient (Wildman–Crippen LogP) is 4.39. The molecule has 0 amide bonds. The molecule has 1 aromatic heterocycles. The van der Waals surface area contributed by atoms with Gasteiger partial charge in [-0.05, 0) is 49.3 Å². The molecule has 0 unspecified atom stereocenters. The van der Waals surface area contributed by atoms with Crippen LogP contribution in [0.5, 0.6) is 11.5 Å². The predicted molar refractivity (Wildman–Crippen MR) is 107 cm³/mol. The van der Waals surface area contributed by atoms with Crippen molar-refractivity contribution in [2.24, 2.45) is 0 Å². The summed E-state index contributed by atoms with van der Waals surface area (Å²) in [7, 11) is 2.74. The quantitative estimate of drug-likeness (QED) is 0.805. The Balaban J connectivity index is 1.51. The Morgan fingerprint density at radius 1 is 1.10 bits per heavy atom. The number of rotatable bonds is 5. The number of benzene rings is 1. The summed E-state index contributed by atoms with van der Waals surface area (Å²) in [5, 5.41) is 3.51. The van der Waals surface area contributed by atoms with Crippen LogP contribution in [-0.2, 0) is 12.0 Å². The van der Waals surface area contributed by atoms with E-state index >= 15 is 8.78 Å². The molecule has 1 spiro atoms. The molecule has 0 bridgehead atoms. The first-order valence-corrected chi connectivity index (χ1v) is 10.2. The van der Waals surface area contributed by atoms with E-state index in [1.165, 1.54) is 45.1 Å². The number of fused-ring (bicyclic) bond motifs is 2. The van der Waals surface area contributed by atoms with Crippen LogP contribution in [0.4, 0.5) is 20.3 Å². The van der Waals surface area contributed by atoms with Gasteiger partial charge in [0.25, 0.3) is 0 Å². The van der Waals surface area contributed by atoms with Crippen LogP contribution in [0.2, 0.25) is 0 Å². The first-order chi connectivity index (χ1) is 14.0. The number of hydrogen-bond donors (Lipinski definition) is 1. The summed E-state index contributed by atoms with van der Waals surface area (Å²) >= 11 is 0. The Morgan fingerprint density at radius 2 is 1.79 bits per heavy atom. The average molecular weight is 401 g/mol. The summed E-state index contributed by atoms with van der Waals surface area (Å²) in [6, 6.07) is 3.92. The monoisotopic (exact) mass is 401 g/mol. The summed E-state index contributed by atoms with van der Waals surface area (Å²) in [6.45, 7) is 0.967. The molecule has 1 N–H and O–H groups in total. The fourth-order valence-corrected chi connectivity index (χ4v) is 4.54. The lowest BCUT2D eigenvalue weighted by atomic mass is 9.87. The van der Waals surface area contributed by atoms with Gasteiger partial charge in [0.1, 0.15) is 11.5 Å². The number of methoxy groups -OCH3 is 2. The molecular weight excluding hydrogens is 376 g/mol. The molecule has 0 atom stereocenters. The largest absolute Gasteiger partial charge is 0.493 e. The number of nitrogens with zero attached hydrogens (tertiary/aromatic N) is 2. The van der Waals surface area contributed by atoms with Gasteiger partial charge in [-0.15, -0.1) is 0 Å². The van der Waals surface area contributed by atoms with Crippen molar-refractivity contribution in [3.05, 3.63) is 41.1 Å². The van der Waals surface area contributed by atoms with Gasteiger partial charge in [-0.1, -0.05) is 0 Å². The highest BCUT2D eigenvalue weighted by molar-refractivity contribution is 5.62. The third-order valence-corrected chi connectivity index (χ3v) is 6.59. The second-order valence-corrected chi connectivity index (χ2v) is 8.39. The first-order valence-electron chi connectivity index (χ1n) is 10.2. The van der Waals surface area contributed by atoms with Crippen LogP contribution in [0.15, 0.2) is 18.3 Å². The third kappa shape index (κ3) is 2.98. The Kier molecular flexibility index (Phi) is 4.29. The molecule has 29 heavy (non-hydrogen) atoms. The van der Waals surface area contributed by atoms with Crippen molar-refractivity contribution in [1.29, 1.82) is 0 Å². The maximum absolute atomic E-state index is 15.0. The molecule has 2 aromatic rings. The van der Waals surface area contributed by atoms with Gasteiger partial charge in [-0.2, -0.15) is 0 Å². The first kappa shape index (κ1) is 18.5. The molecule has 5 rings (SSSR count). The molecule has 5 nitrogen and oxygen atoms in total. The lowest BCUT2D eigenvalue weighted by molar-refractivity contribution is 0.357. The molecule has 1 aliphatic heterocycles. The summed E-state index contributed by atoms with van der Waals surface area (Å²) in [6.07, 6.45) is 7.52. The maximum Gasteiger partial charge on any atom is 0.191 e. The van der Waals surface area contributed by atoms with Crippen molar-refractivity contribution < 1.29 is 18.3 Å². The number of hydrogen-bond acceptors (Lipinski definition) is 5. The van der Waals surface area contributed by atoms with E-state index < -0.39 is 11.6 Å². The zero-order chi connectivity index (χ0) is 20.2. The summed E-state index contributed by atoms with van der Waals surface area (Å²) < 4.78 is 40.3. The lowest BCUT2D eigenvalue weighted by Gasteiger charge is -2.37. The van der Waals surface area contributed by atoms with Crippen LogP contribution in [0, 0.1) is 11.6 Å². The van der Waals surface area contributed by atoms with Gasteiger partial charge in [0, 0.05) is 36.8 Å². The van der Waals surface area contributed by atoms with E-state index in [2.05, 4.69) is 16.4 Å². The number of nitrogens with one attached hydrogen (secondary N) is 1. The third-order valence-electron chi connectivity index (χ3n) is 6.59. The molecular formula is C22H25F2N3O2. The molecule has 2 aliphatic carbocycles. The number of anilines is 2. The summed E-state index contributed by atoms with van der Waals surface area (Å²) in [5.74, 6) is -0.518. The number of halogens is 2. The van der Waals surface area contributed by atoms with Gasteiger partial charge < -0.3 is 19.7 Å². The fraction of sp³-hybridized carbons (Fsp3) is 0.500. The summed E-state index contributed by atoms with van der Waals surface area (Å²) in [5.41, 5.74) is 2.13. The van der Waals surface area contributed by atoms with Crippen molar-refractivity contribution in [3.63, 3.8) is 0 Å². The minimum Gasteiger partial charge on any atom is -0.493 e. The highest BCUT2D eigenvalue weighted by Crippen LogP contribution is 2.54. The second-order valence-electron chi connectivity index (χ2n) is 8.39. The average Bonchev–Trinajstić information content (AvgIpc) is 3.45. The Bertz CT molecular complexity index is 929. The van der Waals surface area contributed by atoms with Gasteiger partial charge in [0.05, 0.1) is 14.2 Å². The molecule has 154 valence electrons. The zero-order valence-corrected chi connectivity index (χ0v) is 16.7. The van der Waals surface area contributed by atoms with Crippen LogP contribution in [0.25, 0.3) is 0 Å². The molecule has 0 radical (unpaired) electrons. The second kappa shape index (κ2) is 6.75. The van der Waals surface area contributed by atoms with Gasteiger partial charge >= 0.3 is 0 Å². The standard InChI is InChI=1S/C22H25F2N3O2/c1-28-16-9-17(29-2)20(24)21(19(16)23)27-11-13-10-25-18(26-14-4-3-5-14)8-15(13)22(12-27)6-7-22/h8-10,14H,3-7,11-12H2,1-2H3,(H,25,26). The van der Waals surface area contributed by atoms with Crippen LogP contribution in [-0.4, -0.2) is 31.8 Å². The molecule has 1 aromatic carbocycles. The molecule has 3 aliphatic rings. The molecule has 7 heteroatoms. The van der Waals surface area contributed by atoms with Crippen LogP contribution in [0.1, 0.15) is 43.2 Å². The maximum atomic E-state index is 15.0. The smallest absolute Gasteiger partial charge is 0.191 e. The molecule has 2 fully saturated rings. The SMILES string of the molecule is COc1cc(OC)c(F)c(N2Cc3cnc(NC4CCC4)cc3C3(CC3)C2)c1F. The van der Waals surface area contributed by atoms with E-state index in [9.17, 15) is 0 Å². The number of aromatic nitrogens is 1. The number of pyridine rings is 1. The van der Waals surface area contributed by atoms with Crippen molar-refractivity contribution >= 4 is 11.5 Å². The van der Waals surface area contributed by atoms with E-state index in [0.717, 1.165) is 24.2 Å². The number of ether oxygens (including phenoxy) is 2. The van der Waals surface area contributed by atoms with Crippen molar-refractivity contribution in [2.75, 3.05) is 31.0 Å². The Labute approximate surface area is 169 Å². The summed E-state index contributed by atoms with van der Waals surface area (Å²) in [4.78, 5) is 6.34. The van der Waals surface area contributed by atoms with Crippen molar-refractivity contribution in [1.82, 2.24) is 4.98 Å². The van der Waals surface area contributed by atoms with Crippen molar-refractivity contribution in [2.45, 2.75) is 50.1 Å². The molecule has 2 heterocycles. The van der Waals surface area contributed by atoms with E-state index in [0.29, 0.717) is 19.1 Å². The van der Waals surface area contributed by atoms with E-state index in [4.69, 9.17) is 9.47 Å². The topological polar surface area (TPSA) is 46.6 Å². The highest BCUT2D eigenvalue weighted by atomic mass is 19.1. The van der Waals surface area contributed by atoms with E-state index in [1.54, 1.807) is 4.90 Å². The van der Waals surface area contributed by atoms with E-state index in [-0.39, 0.29) is 22.6 Å². The Hall–Kier alpha value is -2.57. The van der Waals surface area contributed by atoms with Gasteiger partial charge in [-0.3, -0.25) is 0 Å². The normalized spacial score (nSPS) is 19.5. The minimum atomic E-state index is -0.693. The van der Waals surface area contributed by atoms with Crippen molar-refractivity contribution in [3.8, 4) is 11.5 Å².